The Morgan fingerprint density at radius 1 is 1.23 bits per heavy atom. The molecule has 2 heterocycles. The van der Waals surface area contributed by atoms with Crippen LogP contribution in [0.4, 0.5) is 13.2 Å². The molecule has 5 aliphatic rings. The number of benzene rings is 1. The van der Waals surface area contributed by atoms with Crippen molar-refractivity contribution in [3.8, 4) is 0 Å². The van der Waals surface area contributed by atoms with Gasteiger partial charge in [-0.2, -0.15) is 13.2 Å². The molecular formula is C33H38F3N2O5+. The maximum Gasteiger partial charge on any atom is 0.421 e. The topological polar surface area (TPSA) is 73.9 Å². The number of nitrogens with one attached hydrogen (secondary N) is 1. The van der Waals surface area contributed by atoms with Gasteiger partial charge >= 0.3 is 12.1 Å². The van der Waals surface area contributed by atoms with Crippen molar-refractivity contribution in [2.45, 2.75) is 63.1 Å². The lowest BCUT2D eigenvalue weighted by Gasteiger charge is -2.64. The highest BCUT2D eigenvalue weighted by Crippen LogP contribution is 2.71. The number of quaternary nitrogens is 1. The first-order chi connectivity index (χ1) is 20.4. The third kappa shape index (κ3) is 4.47. The maximum atomic E-state index is 14.4. The van der Waals surface area contributed by atoms with Gasteiger partial charge in [0.15, 0.2) is 5.76 Å². The van der Waals surface area contributed by atoms with E-state index in [-0.39, 0.29) is 29.4 Å². The molecule has 3 aliphatic carbocycles. The first-order valence-electron chi connectivity index (χ1n) is 14.9. The van der Waals surface area contributed by atoms with Gasteiger partial charge in [0.2, 0.25) is 5.72 Å². The number of carbonyl (C=O) groups excluding carboxylic acids is 2. The summed E-state index contributed by atoms with van der Waals surface area (Å²) in [4.78, 5) is 26.1. The average Bonchev–Trinajstić information content (AvgIpc) is 3.24. The number of esters is 1. The summed E-state index contributed by atoms with van der Waals surface area (Å²) in [5.74, 6) is -1.72. The molecule has 7 atom stereocenters. The number of ether oxygens (including phenoxy) is 3. The van der Waals surface area contributed by atoms with Gasteiger partial charge in [0.1, 0.15) is 11.3 Å². The Kier molecular flexibility index (Phi) is 7.16. The Labute approximate surface area is 249 Å². The van der Waals surface area contributed by atoms with E-state index in [1.54, 1.807) is 18.2 Å². The number of alkyl halides is 3. The fourth-order valence-electron chi connectivity index (χ4n) is 9.04. The van der Waals surface area contributed by atoms with E-state index in [1.807, 2.05) is 6.08 Å². The van der Waals surface area contributed by atoms with Crippen molar-refractivity contribution in [1.82, 2.24) is 5.32 Å². The van der Waals surface area contributed by atoms with Crippen LogP contribution in [-0.2, 0) is 23.8 Å². The van der Waals surface area contributed by atoms with Crippen molar-refractivity contribution in [1.29, 1.82) is 0 Å². The van der Waals surface area contributed by atoms with Crippen LogP contribution in [0.25, 0.3) is 6.08 Å². The first-order valence-corrected chi connectivity index (χ1v) is 14.9. The number of nitrogens with zero attached hydrogens (tertiary/aromatic N) is 1. The number of allylic oxidation sites excluding steroid dienone is 1. The van der Waals surface area contributed by atoms with Gasteiger partial charge in [-0.05, 0) is 36.1 Å². The molecule has 43 heavy (non-hydrogen) atoms. The standard InChI is InChI=1S/C33H37F3N2O5/c1-5-15-38(3)16-14-31-23-12-9-13-27(31)43-32(37-30(40)24(33(34,35)36)17-21-10-7-6-8-11-21)28(41-4)19-26(42-20(2)39)22(29(31)32)18-25(23)38/h5-8,10-11,17,19,23,25,27,29H,1,9,12-16,18H2,2-4H3/p+1/t23-,25+,27-,29?,31+,32?,38?/m0/s1. The second kappa shape index (κ2) is 10.4. The third-order valence-corrected chi connectivity index (χ3v) is 10.6. The van der Waals surface area contributed by atoms with Crippen molar-refractivity contribution in [2.24, 2.45) is 17.3 Å². The molecule has 2 aliphatic heterocycles. The lowest BCUT2D eigenvalue weighted by Crippen LogP contribution is -2.72. The van der Waals surface area contributed by atoms with Gasteiger partial charge in [0.25, 0.3) is 5.91 Å². The monoisotopic (exact) mass is 599 g/mol. The fraction of sp³-hybridized carbons (Fsp3) is 0.515. The molecule has 1 N–H and O–H groups in total. The number of hydrogen-bond donors (Lipinski definition) is 1. The summed E-state index contributed by atoms with van der Waals surface area (Å²) in [5, 5.41) is 2.74. The van der Waals surface area contributed by atoms with E-state index in [9.17, 15) is 22.8 Å². The zero-order chi connectivity index (χ0) is 30.8. The van der Waals surface area contributed by atoms with Crippen LogP contribution >= 0.6 is 0 Å². The summed E-state index contributed by atoms with van der Waals surface area (Å²) in [6.45, 7) is 6.92. The molecule has 7 nitrogen and oxygen atoms in total. The Balaban J connectivity index is 1.52. The van der Waals surface area contributed by atoms with Gasteiger partial charge in [0, 0.05) is 43.1 Å². The van der Waals surface area contributed by atoms with E-state index in [0.29, 0.717) is 18.6 Å². The lowest BCUT2D eigenvalue weighted by molar-refractivity contribution is -0.942. The molecule has 1 aromatic rings. The predicted molar refractivity (Wildman–Crippen MR) is 153 cm³/mol. The Morgan fingerprint density at radius 3 is 2.63 bits per heavy atom. The van der Waals surface area contributed by atoms with Crippen molar-refractivity contribution < 1.29 is 41.5 Å². The molecule has 1 amide bonds. The molecule has 4 fully saturated rings. The van der Waals surface area contributed by atoms with Gasteiger partial charge in [-0.3, -0.25) is 9.59 Å². The van der Waals surface area contributed by atoms with Crippen molar-refractivity contribution in [3.05, 3.63) is 77.3 Å². The molecule has 2 saturated carbocycles. The summed E-state index contributed by atoms with van der Waals surface area (Å²) in [5.41, 5.74) is -2.47. The minimum Gasteiger partial charge on any atom is -0.496 e. The number of carbonyl (C=O) groups is 2. The third-order valence-electron chi connectivity index (χ3n) is 10.6. The predicted octanol–water partition coefficient (Wildman–Crippen LogP) is 5.42. The number of amides is 1. The highest BCUT2D eigenvalue weighted by Gasteiger charge is 2.77. The number of halogens is 3. The van der Waals surface area contributed by atoms with E-state index in [0.717, 1.165) is 48.5 Å². The quantitative estimate of drug-likeness (QED) is 0.196. The number of piperidine rings is 1. The zero-order valence-corrected chi connectivity index (χ0v) is 24.7. The van der Waals surface area contributed by atoms with Crippen LogP contribution in [0.3, 0.4) is 0 Å². The van der Waals surface area contributed by atoms with E-state index in [2.05, 4.69) is 18.9 Å². The number of hydrogen-bond acceptors (Lipinski definition) is 5. The van der Waals surface area contributed by atoms with Crippen LogP contribution in [-0.4, -0.2) is 67.7 Å². The molecule has 0 radical (unpaired) electrons. The number of likely N-dealkylation sites (N-methyl/N-ethyl adjacent to an activating group) is 1. The van der Waals surface area contributed by atoms with Gasteiger partial charge in [-0.1, -0.05) is 43.3 Å². The first kappa shape index (κ1) is 29.7. The minimum absolute atomic E-state index is 0.127. The van der Waals surface area contributed by atoms with Crippen LogP contribution in [0.5, 0.6) is 0 Å². The molecule has 230 valence electrons. The number of rotatable bonds is 7. The molecular weight excluding hydrogens is 561 g/mol. The summed E-state index contributed by atoms with van der Waals surface area (Å²) < 4.78 is 62.5. The summed E-state index contributed by atoms with van der Waals surface area (Å²) in [7, 11) is 3.62. The normalized spacial score (nSPS) is 36.3. The lowest BCUT2D eigenvalue weighted by atomic mass is 9.46. The van der Waals surface area contributed by atoms with E-state index >= 15 is 0 Å². The zero-order valence-electron chi connectivity index (χ0n) is 24.7. The molecule has 6 rings (SSSR count). The van der Waals surface area contributed by atoms with Crippen molar-refractivity contribution in [2.75, 3.05) is 27.2 Å². The Hall–Kier alpha value is -3.37. The second-order valence-electron chi connectivity index (χ2n) is 12.7. The van der Waals surface area contributed by atoms with E-state index < -0.39 is 40.7 Å². The Bertz CT molecular complexity index is 1440. The fourth-order valence-corrected chi connectivity index (χ4v) is 9.04. The summed E-state index contributed by atoms with van der Waals surface area (Å²) in [6, 6.07) is 8.11. The van der Waals surface area contributed by atoms with Crippen LogP contribution in [0.2, 0.25) is 0 Å². The molecule has 3 unspecified atom stereocenters. The number of likely N-dealkylation sites (tertiary alicyclic amines) is 1. The van der Waals surface area contributed by atoms with Gasteiger partial charge in [-0.15, -0.1) is 0 Å². The number of methoxy groups -OCH3 is 1. The van der Waals surface area contributed by atoms with Crippen molar-refractivity contribution >= 4 is 18.0 Å². The Morgan fingerprint density at radius 2 is 1.98 bits per heavy atom. The van der Waals surface area contributed by atoms with Gasteiger partial charge in [0.05, 0.1) is 39.4 Å². The van der Waals surface area contributed by atoms with Crippen molar-refractivity contribution in [3.63, 3.8) is 0 Å². The summed E-state index contributed by atoms with van der Waals surface area (Å²) >= 11 is 0. The van der Waals surface area contributed by atoms with Crippen LogP contribution in [0.1, 0.15) is 44.6 Å². The SMILES string of the molecule is C=CC[N+]1(C)CC[C@]23C4C5=C(OC(C)=O)C=C(OC)C4(NC(=O)C(=Cc4ccccc4)C(F)(F)F)O[C@H]2CCC[C@H]3[C@H]1C5. The van der Waals surface area contributed by atoms with Gasteiger partial charge < -0.3 is 24.0 Å². The molecule has 10 heteroatoms. The van der Waals surface area contributed by atoms with Crippen LogP contribution in [0.15, 0.2) is 71.7 Å². The molecule has 2 saturated heterocycles. The smallest absolute Gasteiger partial charge is 0.421 e. The maximum absolute atomic E-state index is 14.4. The van der Waals surface area contributed by atoms with E-state index in [1.165, 1.54) is 32.2 Å². The highest BCUT2D eigenvalue weighted by molar-refractivity contribution is 5.99. The minimum atomic E-state index is -4.93. The second-order valence-corrected chi connectivity index (χ2v) is 12.7. The average molecular weight is 600 g/mol. The highest BCUT2D eigenvalue weighted by atomic mass is 19.4. The molecule has 0 aromatic heterocycles. The molecule has 1 aromatic carbocycles. The summed E-state index contributed by atoms with van der Waals surface area (Å²) in [6.07, 6.45) is 2.90. The molecule has 2 bridgehead atoms. The van der Waals surface area contributed by atoms with Crippen LogP contribution < -0.4 is 5.32 Å². The van der Waals surface area contributed by atoms with Gasteiger partial charge in [-0.25, -0.2) is 0 Å². The molecule has 1 spiro atoms. The van der Waals surface area contributed by atoms with Crippen LogP contribution in [0, 0.1) is 17.3 Å². The largest absolute Gasteiger partial charge is 0.496 e. The van der Waals surface area contributed by atoms with E-state index in [4.69, 9.17) is 14.2 Å².